The Hall–Kier alpha value is -5.09. The second kappa shape index (κ2) is 10.6. The predicted octanol–water partition coefficient (Wildman–Crippen LogP) is 5.09. The normalized spacial score (nSPS) is 14.0. The molecule has 0 radical (unpaired) electrons. The summed E-state index contributed by atoms with van der Waals surface area (Å²) in [7, 11) is 0. The van der Waals surface area contributed by atoms with Crippen molar-refractivity contribution < 1.29 is 9.59 Å². The van der Waals surface area contributed by atoms with Crippen LogP contribution in [0.3, 0.4) is 0 Å². The first-order valence-electron chi connectivity index (χ1n) is 14.0. The Morgan fingerprint density at radius 3 is 1.84 bits per heavy atom. The summed E-state index contributed by atoms with van der Waals surface area (Å²) < 4.78 is 0. The highest BCUT2D eigenvalue weighted by molar-refractivity contribution is 6.30. The van der Waals surface area contributed by atoms with E-state index in [1.165, 1.54) is 0 Å². The monoisotopic (exact) mass is 590 g/mol. The lowest BCUT2D eigenvalue weighted by Gasteiger charge is -2.11. The average Bonchev–Trinajstić information content (AvgIpc) is 3.64. The molecule has 214 valence electrons. The largest absolute Gasteiger partial charge is 0.358 e. The van der Waals surface area contributed by atoms with E-state index in [9.17, 15) is 9.59 Å². The molecule has 8 rings (SSSR count). The molecule has 4 N–H and O–H groups in total. The number of amides is 2. The summed E-state index contributed by atoms with van der Waals surface area (Å²) >= 11 is 6.12. The Bertz CT molecular complexity index is 2080. The van der Waals surface area contributed by atoms with Crippen LogP contribution in [-0.2, 0) is 12.8 Å². The molecule has 11 heteroatoms. The van der Waals surface area contributed by atoms with Gasteiger partial charge in [0.05, 0.1) is 44.6 Å². The van der Waals surface area contributed by atoms with Crippen LogP contribution >= 0.6 is 11.6 Å². The van der Waals surface area contributed by atoms with Gasteiger partial charge in [0.1, 0.15) is 0 Å². The van der Waals surface area contributed by atoms with Crippen LogP contribution in [0.4, 0.5) is 0 Å². The van der Waals surface area contributed by atoms with Gasteiger partial charge in [-0.2, -0.15) is 0 Å². The first-order chi connectivity index (χ1) is 20.9. The van der Waals surface area contributed by atoms with Crippen LogP contribution in [0.2, 0.25) is 5.15 Å². The summed E-state index contributed by atoms with van der Waals surface area (Å²) in [4.78, 5) is 48.4. The van der Waals surface area contributed by atoms with Gasteiger partial charge in [0, 0.05) is 66.0 Å². The van der Waals surface area contributed by atoms with Gasteiger partial charge in [-0.3, -0.25) is 14.6 Å². The number of aryl methyl sites for hydroxylation is 2. The number of H-pyrrole nitrogens is 2. The molecule has 43 heavy (non-hydrogen) atoms. The van der Waals surface area contributed by atoms with Gasteiger partial charge >= 0.3 is 0 Å². The van der Waals surface area contributed by atoms with Crippen molar-refractivity contribution >= 4 is 45.5 Å². The number of rotatable bonds is 2. The van der Waals surface area contributed by atoms with Crippen LogP contribution in [0.15, 0.2) is 54.7 Å². The zero-order valence-electron chi connectivity index (χ0n) is 23.5. The molecule has 0 spiro atoms. The van der Waals surface area contributed by atoms with Gasteiger partial charge in [0.15, 0.2) is 5.15 Å². The fourth-order valence-corrected chi connectivity index (χ4v) is 5.72. The summed E-state index contributed by atoms with van der Waals surface area (Å²) in [5.41, 5.74) is 11.9. The Kier molecular flexibility index (Phi) is 6.62. The number of aromatic amines is 2. The van der Waals surface area contributed by atoms with E-state index in [1.807, 2.05) is 62.4 Å². The highest BCUT2D eigenvalue weighted by Gasteiger charge is 2.22. The third-order valence-corrected chi connectivity index (χ3v) is 8.05. The molecule has 0 unspecified atom stereocenters. The summed E-state index contributed by atoms with van der Waals surface area (Å²) in [6, 6.07) is 15.5. The molecule has 6 heterocycles. The van der Waals surface area contributed by atoms with Crippen LogP contribution in [0.25, 0.3) is 44.6 Å². The van der Waals surface area contributed by atoms with Gasteiger partial charge in [0.25, 0.3) is 11.8 Å². The van der Waals surface area contributed by atoms with Crippen molar-refractivity contribution in [2.24, 2.45) is 0 Å². The highest BCUT2D eigenvalue weighted by atomic mass is 35.5. The molecular weight excluding hydrogens is 564 g/mol. The van der Waals surface area contributed by atoms with E-state index in [2.05, 4.69) is 40.5 Å². The lowest BCUT2D eigenvalue weighted by atomic mass is 10.1. The van der Waals surface area contributed by atoms with Crippen molar-refractivity contribution in [2.45, 2.75) is 26.7 Å². The second-order valence-electron chi connectivity index (χ2n) is 10.6. The SMILES string of the molecule is Cc1cnc2c(-c3cc4c([nH]3)CCNC4=O)cccc2n1.Cc1nc2cccc(-c3cc4c([nH]3)CCNC4=O)c2nc1Cl. The molecule has 10 nitrogen and oxygen atoms in total. The smallest absolute Gasteiger partial charge is 0.253 e. The molecule has 2 aliphatic rings. The van der Waals surface area contributed by atoms with Crippen LogP contribution in [0.1, 0.15) is 43.5 Å². The van der Waals surface area contributed by atoms with Gasteiger partial charge in [0.2, 0.25) is 0 Å². The number of nitrogens with zero attached hydrogens (tertiary/aromatic N) is 4. The Balaban J connectivity index is 0.000000140. The summed E-state index contributed by atoms with van der Waals surface area (Å²) in [6.07, 6.45) is 3.40. The number of carbonyl (C=O) groups excluding carboxylic acids is 2. The fourth-order valence-electron chi connectivity index (χ4n) is 5.59. The first-order valence-corrected chi connectivity index (χ1v) is 14.4. The maximum absolute atomic E-state index is 11.9. The Labute approximate surface area is 251 Å². The van der Waals surface area contributed by atoms with Crippen molar-refractivity contribution in [3.05, 3.63) is 93.8 Å². The molecule has 2 aromatic carbocycles. The van der Waals surface area contributed by atoms with E-state index in [-0.39, 0.29) is 11.8 Å². The third-order valence-electron chi connectivity index (χ3n) is 7.69. The van der Waals surface area contributed by atoms with Gasteiger partial charge in [-0.25, -0.2) is 15.0 Å². The van der Waals surface area contributed by atoms with Crippen molar-refractivity contribution in [1.82, 2.24) is 40.5 Å². The van der Waals surface area contributed by atoms with Crippen molar-refractivity contribution in [1.29, 1.82) is 0 Å². The van der Waals surface area contributed by atoms with Crippen LogP contribution in [0, 0.1) is 13.8 Å². The molecule has 4 aromatic heterocycles. The molecule has 6 aromatic rings. The average molecular weight is 591 g/mol. The Morgan fingerprint density at radius 2 is 1.26 bits per heavy atom. The maximum Gasteiger partial charge on any atom is 0.253 e. The maximum atomic E-state index is 11.9. The standard InChI is InChI=1S/C16H13ClN4O.C16H14N4O/c1-8-15(17)21-14-9(3-2-4-12(14)19-8)13-7-10-11(20-13)5-6-18-16(10)22;1-9-8-18-15-10(3-2-4-13(15)19-9)14-7-11-12(20-14)5-6-17-16(11)21/h2-4,7,20H,5-6H2,1H3,(H,18,22);2-4,7-8,20H,5-6H2,1H3,(H,17,21). The van der Waals surface area contributed by atoms with E-state index in [4.69, 9.17) is 11.6 Å². The predicted molar refractivity (Wildman–Crippen MR) is 165 cm³/mol. The zero-order chi connectivity index (χ0) is 29.7. The van der Waals surface area contributed by atoms with E-state index in [0.29, 0.717) is 29.5 Å². The van der Waals surface area contributed by atoms with Crippen LogP contribution in [0.5, 0.6) is 0 Å². The van der Waals surface area contributed by atoms with Crippen LogP contribution < -0.4 is 10.6 Å². The van der Waals surface area contributed by atoms with Crippen molar-refractivity contribution in [2.75, 3.05) is 13.1 Å². The number of aromatic nitrogens is 6. The molecule has 2 aliphatic heterocycles. The number of carbonyl (C=O) groups is 2. The summed E-state index contributed by atoms with van der Waals surface area (Å²) in [5.74, 6) is -0.0511. The number of para-hydroxylation sites is 2. The van der Waals surface area contributed by atoms with Gasteiger partial charge in [-0.15, -0.1) is 0 Å². The van der Waals surface area contributed by atoms with E-state index < -0.39 is 0 Å². The van der Waals surface area contributed by atoms with Crippen LogP contribution in [-0.4, -0.2) is 54.8 Å². The minimum Gasteiger partial charge on any atom is -0.358 e. The molecule has 0 atom stereocenters. The second-order valence-corrected chi connectivity index (χ2v) is 11.0. The lowest BCUT2D eigenvalue weighted by Crippen LogP contribution is -2.31. The quantitative estimate of drug-likeness (QED) is 0.221. The lowest BCUT2D eigenvalue weighted by molar-refractivity contribution is 0.0937. The van der Waals surface area contributed by atoms with Crippen molar-refractivity contribution in [3.8, 4) is 22.5 Å². The van der Waals surface area contributed by atoms with Gasteiger partial charge < -0.3 is 20.6 Å². The molecule has 0 bridgehead atoms. The number of benzene rings is 2. The molecule has 0 aliphatic carbocycles. The summed E-state index contributed by atoms with van der Waals surface area (Å²) in [6.45, 7) is 5.10. The van der Waals surface area contributed by atoms with E-state index in [1.54, 1.807) is 6.20 Å². The first kappa shape index (κ1) is 26.8. The number of nitrogens with one attached hydrogen (secondary N) is 4. The topological polar surface area (TPSA) is 141 Å². The highest BCUT2D eigenvalue weighted by Crippen LogP contribution is 2.31. The number of halogens is 1. The third kappa shape index (κ3) is 4.89. The van der Waals surface area contributed by atoms with E-state index >= 15 is 0 Å². The number of fused-ring (bicyclic) bond motifs is 4. The van der Waals surface area contributed by atoms with E-state index in [0.717, 1.165) is 80.1 Å². The molecular formula is C32H27ClN8O2. The summed E-state index contributed by atoms with van der Waals surface area (Å²) in [5, 5.41) is 6.11. The zero-order valence-corrected chi connectivity index (χ0v) is 24.3. The molecule has 0 fully saturated rings. The van der Waals surface area contributed by atoms with Gasteiger partial charge in [-0.1, -0.05) is 35.9 Å². The Morgan fingerprint density at radius 1 is 0.698 bits per heavy atom. The van der Waals surface area contributed by atoms with Crippen molar-refractivity contribution in [3.63, 3.8) is 0 Å². The molecule has 0 saturated carbocycles. The van der Waals surface area contributed by atoms with Gasteiger partial charge in [-0.05, 0) is 38.1 Å². The number of hydrogen-bond donors (Lipinski definition) is 4. The minimum atomic E-state index is -0.0380. The molecule has 2 amide bonds. The molecule has 0 saturated heterocycles. The fraction of sp³-hybridized carbons (Fsp3) is 0.188. The minimum absolute atomic E-state index is 0.0130. The number of hydrogen-bond acceptors (Lipinski definition) is 6.